The van der Waals surface area contributed by atoms with E-state index in [0.29, 0.717) is 17.1 Å². The zero-order chi connectivity index (χ0) is 8.97. The van der Waals surface area contributed by atoms with Gasteiger partial charge in [-0.25, -0.2) is 0 Å². The van der Waals surface area contributed by atoms with E-state index in [1.54, 1.807) is 18.3 Å². The van der Waals surface area contributed by atoms with E-state index in [1.165, 1.54) is 0 Å². The maximum Gasteiger partial charge on any atom is 0.0857 e. The lowest BCUT2D eigenvalue weighted by molar-refractivity contribution is 0.980. The van der Waals surface area contributed by atoms with Gasteiger partial charge in [-0.15, -0.1) is 0 Å². The summed E-state index contributed by atoms with van der Waals surface area (Å²) in [5, 5.41) is 7.61. The van der Waals surface area contributed by atoms with Crippen LogP contribution in [0.4, 0.5) is 5.69 Å². The Morgan fingerprint density at radius 3 is 3.00 bits per heavy atom. The van der Waals surface area contributed by atoms with E-state index in [0.717, 1.165) is 12.8 Å². The Morgan fingerprint density at radius 1 is 1.67 bits per heavy atom. The SMILES string of the molecule is CCCC(=N)c1cc(N)ccn1. The van der Waals surface area contributed by atoms with Crippen molar-refractivity contribution in [3.63, 3.8) is 0 Å². The number of nitrogens with two attached hydrogens (primary N) is 1. The summed E-state index contributed by atoms with van der Waals surface area (Å²) in [7, 11) is 0. The van der Waals surface area contributed by atoms with Gasteiger partial charge in [-0.3, -0.25) is 4.98 Å². The van der Waals surface area contributed by atoms with Crippen LogP contribution >= 0.6 is 0 Å². The van der Waals surface area contributed by atoms with Crippen molar-refractivity contribution in [3.8, 4) is 0 Å². The smallest absolute Gasteiger partial charge is 0.0857 e. The van der Waals surface area contributed by atoms with Gasteiger partial charge in [-0.2, -0.15) is 0 Å². The van der Waals surface area contributed by atoms with Crippen molar-refractivity contribution in [2.75, 3.05) is 5.73 Å². The number of aromatic nitrogens is 1. The quantitative estimate of drug-likeness (QED) is 0.668. The average molecular weight is 163 g/mol. The summed E-state index contributed by atoms with van der Waals surface area (Å²) in [6.45, 7) is 2.04. The number of rotatable bonds is 3. The van der Waals surface area contributed by atoms with Gasteiger partial charge in [-0.1, -0.05) is 13.3 Å². The second-order valence-electron chi connectivity index (χ2n) is 2.70. The highest BCUT2D eigenvalue weighted by atomic mass is 14.7. The summed E-state index contributed by atoms with van der Waals surface area (Å²) in [5.74, 6) is 0. The first kappa shape index (κ1) is 8.71. The van der Waals surface area contributed by atoms with Gasteiger partial charge in [0.2, 0.25) is 0 Å². The first-order chi connectivity index (χ1) is 5.74. The highest BCUT2D eigenvalue weighted by molar-refractivity contribution is 5.96. The van der Waals surface area contributed by atoms with Crippen LogP contribution in [-0.2, 0) is 0 Å². The number of anilines is 1. The normalized spacial score (nSPS) is 9.75. The summed E-state index contributed by atoms with van der Waals surface area (Å²) in [4.78, 5) is 4.05. The van der Waals surface area contributed by atoms with Crippen LogP contribution < -0.4 is 5.73 Å². The minimum atomic E-state index is 0.560. The second-order valence-corrected chi connectivity index (χ2v) is 2.70. The van der Waals surface area contributed by atoms with Crippen molar-refractivity contribution in [2.45, 2.75) is 19.8 Å². The molecule has 1 aromatic heterocycles. The molecule has 0 saturated heterocycles. The second kappa shape index (κ2) is 3.85. The van der Waals surface area contributed by atoms with Crippen molar-refractivity contribution in [1.82, 2.24) is 4.98 Å². The molecule has 3 nitrogen and oxygen atoms in total. The molecule has 0 radical (unpaired) electrons. The topological polar surface area (TPSA) is 62.8 Å². The van der Waals surface area contributed by atoms with Crippen LogP contribution in [0.5, 0.6) is 0 Å². The third kappa shape index (κ3) is 2.05. The molecule has 0 bridgehead atoms. The third-order valence-electron chi connectivity index (χ3n) is 1.59. The molecule has 3 N–H and O–H groups in total. The monoisotopic (exact) mass is 163 g/mol. The molecule has 1 aromatic rings. The van der Waals surface area contributed by atoms with Crippen molar-refractivity contribution >= 4 is 11.4 Å². The highest BCUT2D eigenvalue weighted by Crippen LogP contribution is 2.06. The van der Waals surface area contributed by atoms with E-state index < -0.39 is 0 Å². The molecule has 12 heavy (non-hydrogen) atoms. The number of nitrogens with zero attached hydrogens (tertiary/aromatic N) is 1. The molecule has 0 aromatic carbocycles. The number of nitrogens with one attached hydrogen (secondary N) is 1. The Kier molecular flexibility index (Phi) is 2.80. The molecule has 64 valence electrons. The Morgan fingerprint density at radius 2 is 2.42 bits per heavy atom. The van der Waals surface area contributed by atoms with E-state index in [9.17, 15) is 0 Å². The Bertz CT molecular complexity index is 281. The molecule has 1 rings (SSSR count). The van der Waals surface area contributed by atoms with E-state index in [1.807, 2.05) is 6.92 Å². The lowest BCUT2D eigenvalue weighted by Gasteiger charge is -2.01. The molecule has 0 saturated carbocycles. The minimum Gasteiger partial charge on any atom is -0.399 e. The van der Waals surface area contributed by atoms with Gasteiger partial charge in [-0.05, 0) is 18.6 Å². The molecule has 0 aliphatic rings. The van der Waals surface area contributed by atoms with Crippen molar-refractivity contribution < 1.29 is 0 Å². The van der Waals surface area contributed by atoms with Crippen molar-refractivity contribution in [2.24, 2.45) is 0 Å². The molecular weight excluding hydrogens is 150 g/mol. The van der Waals surface area contributed by atoms with Gasteiger partial charge >= 0.3 is 0 Å². The molecule has 0 aliphatic carbocycles. The van der Waals surface area contributed by atoms with Gasteiger partial charge in [0, 0.05) is 11.9 Å². The van der Waals surface area contributed by atoms with Gasteiger partial charge in [0.1, 0.15) is 0 Å². The van der Waals surface area contributed by atoms with Gasteiger partial charge in [0.15, 0.2) is 0 Å². The molecule has 0 atom stereocenters. The van der Waals surface area contributed by atoms with E-state index >= 15 is 0 Å². The fraction of sp³-hybridized carbons (Fsp3) is 0.333. The molecule has 0 unspecified atom stereocenters. The largest absolute Gasteiger partial charge is 0.399 e. The number of hydrogen-bond acceptors (Lipinski definition) is 3. The molecule has 0 aliphatic heterocycles. The Hall–Kier alpha value is -1.38. The summed E-state index contributed by atoms with van der Waals surface area (Å²) in [6, 6.07) is 3.46. The van der Waals surface area contributed by atoms with E-state index in [2.05, 4.69) is 4.98 Å². The van der Waals surface area contributed by atoms with Crippen molar-refractivity contribution in [1.29, 1.82) is 5.41 Å². The molecule has 3 heteroatoms. The van der Waals surface area contributed by atoms with Crippen molar-refractivity contribution in [3.05, 3.63) is 24.0 Å². The number of nitrogen functional groups attached to an aromatic ring is 1. The van der Waals surface area contributed by atoms with Crippen LogP contribution in [0.2, 0.25) is 0 Å². The van der Waals surface area contributed by atoms with Crippen LogP contribution in [0.1, 0.15) is 25.5 Å². The lowest BCUT2D eigenvalue weighted by Crippen LogP contribution is -2.02. The molecule has 1 heterocycles. The molecular formula is C9H13N3. The Labute approximate surface area is 72.1 Å². The predicted octanol–water partition coefficient (Wildman–Crippen LogP) is 1.83. The minimum absolute atomic E-state index is 0.560. The summed E-state index contributed by atoms with van der Waals surface area (Å²) < 4.78 is 0. The summed E-state index contributed by atoms with van der Waals surface area (Å²) in [5.41, 5.74) is 7.47. The molecule has 0 spiro atoms. The fourth-order valence-electron chi connectivity index (χ4n) is 0.990. The van der Waals surface area contributed by atoms with Gasteiger partial charge in [0.25, 0.3) is 0 Å². The van der Waals surface area contributed by atoms with Crippen LogP contribution in [0.25, 0.3) is 0 Å². The van der Waals surface area contributed by atoms with Gasteiger partial charge in [0.05, 0.1) is 11.4 Å². The van der Waals surface area contributed by atoms with Crippen LogP contribution in [0, 0.1) is 5.41 Å². The third-order valence-corrected chi connectivity index (χ3v) is 1.59. The van der Waals surface area contributed by atoms with E-state index in [4.69, 9.17) is 11.1 Å². The maximum atomic E-state index is 7.61. The lowest BCUT2D eigenvalue weighted by atomic mass is 10.1. The number of pyridine rings is 1. The van der Waals surface area contributed by atoms with Crippen LogP contribution in [0.15, 0.2) is 18.3 Å². The predicted molar refractivity (Wildman–Crippen MR) is 50.4 cm³/mol. The molecule has 0 amide bonds. The van der Waals surface area contributed by atoms with Crippen LogP contribution in [0.3, 0.4) is 0 Å². The Balaban J connectivity index is 2.81. The number of hydrogen-bond donors (Lipinski definition) is 2. The first-order valence-electron chi connectivity index (χ1n) is 4.03. The average Bonchev–Trinajstić information content (AvgIpc) is 2.05. The maximum absolute atomic E-state index is 7.61. The standard InChI is InChI=1S/C9H13N3/c1-2-3-8(11)9-6-7(10)4-5-12-9/h4-6,11H,2-3H2,1H3,(H2,10,12). The molecule has 0 fully saturated rings. The summed E-state index contributed by atoms with van der Waals surface area (Å²) >= 11 is 0. The zero-order valence-electron chi connectivity index (χ0n) is 7.17. The first-order valence-corrected chi connectivity index (χ1v) is 4.03. The zero-order valence-corrected chi connectivity index (χ0v) is 7.17. The van der Waals surface area contributed by atoms with E-state index in [-0.39, 0.29) is 0 Å². The van der Waals surface area contributed by atoms with Crippen LogP contribution in [-0.4, -0.2) is 10.7 Å². The van der Waals surface area contributed by atoms with Gasteiger partial charge < -0.3 is 11.1 Å². The highest BCUT2D eigenvalue weighted by Gasteiger charge is 2.00. The fourth-order valence-corrected chi connectivity index (χ4v) is 0.990. The summed E-state index contributed by atoms with van der Waals surface area (Å²) in [6.07, 6.45) is 3.36.